The second-order valence-corrected chi connectivity index (χ2v) is 16.7. The van der Waals surface area contributed by atoms with Gasteiger partial charge in [-0.05, 0) is 107 Å². The Hall–Kier alpha value is -4.74. The molecule has 2 aliphatic heterocycles. The van der Waals surface area contributed by atoms with Gasteiger partial charge in [0, 0.05) is 37.7 Å². The van der Waals surface area contributed by atoms with Crippen LogP contribution in [-0.4, -0.2) is 104 Å². The Labute approximate surface area is 343 Å². The van der Waals surface area contributed by atoms with E-state index in [1.54, 1.807) is 27.8 Å². The zero-order valence-electron chi connectivity index (χ0n) is 33.9. The quantitative estimate of drug-likeness (QED) is 0.199. The Morgan fingerprint density at radius 1 is 0.917 bits per heavy atom. The molecule has 1 N–H and O–H groups in total. The van der Waals surface area contributed by atoms with Crippen molar-refractivity contribution in [1.29, 1.82) is 0 Å². The van der Waals surface area contributed by atoms with E-state index in [1.807, 2.05) is 12.1 Å². The maximum Gasteiger partial charge on any atom is 0.416 e. The zero-order valence-corrected chi connectivity index (χ0v) is 33.9. The van der Waals surface area contributed by atoms with Crippen molar-refractivity contribution >= 4 is 17.9 Å². The van der Waals surface area contributed by atoms with Gasteiger partial charge in [-0.1, -0.05) is 36.4 Å². The molecule has 0 aromatic heterocycles. The maximum atomic E-state index is 14.1. The molecular weight excluding hydrogens is 801 g/mol. The van der Waals surface area contributed by atoms with Gasteiger partial charge in [-0.15, -0.1) is 0 Å². The lowest BCUT2D eigenvalue weighted by molar-refractivity contribution is -0.143. The van der Waals surface area contributed by atoms with E-state index in [-0.39, 0.29) is 56.2 Å². The van der Waals surface area contributed by atoms with Crippen LogP contribution in [-0.2, 0) is 48.8 Å². The minimum atomic E-state index is -5.13. The summed E-state index contributed by atoms with van der Waals surface area (Å²) < 4.78 is 114. The standard InChI is InChI=1S/C43H49F7N4O6/c1-39(2,3)60-38(57)51-16-20-52(4)36(55)25-58-35-23-28-7-5-6-8-34(28)40(35)13-17-53(18-14-40)19-15-41(30-9-11-33(44)12-10-30)26-54(27-59-41)37(56)29-21-31(42(45,46)47)24-32(22-29)43(48,49)50/h5-12,21-22,24,35H,13-20,23,25-27H2,1-4H3,(H,51,57)/t35-,41-/m0/s1. The first-order chi connectivity index (χ1) is 28.1. The maximum absolute atomic E-state index is 14.1. The zero-order chi connectivity index (χ0) is 43.7. The summed E-state index contributed by atoms with van der Waals surface area (Å²) in [4.78, 5) is 43.5. The molecule has 3 aromatic rings. The predicted octanol–water partition coefficient (Wildman–Crippen LogP) is 7.54. The van der Waals surface area contributed by atoms with Gasteiger partial charge in [-0.2, -0.15) is 26.3 Å². The smallest absolute Gasteiger partial charge is 0.416 e. The lowest BCUT2D eigenvalue weighted by Gasteiger charge is -2.44. The lowest BCUT2D eigenvalue weighted by atomic mass is 9.72. The predicted molar refractivity (Wildman–Crippen MR) is 205 cm³/mol. The van der Waals surface area contributed by atoms with E-state index in [9.17, 15) is 45.1 Å². The second-order valence-electron chi connectivity index (χ2n) is 16.7. The van der Waals surface area contributed by atoms with Gasteiger partial charge in [0.15, 0.2) is 0 Å². The number of likely N-dealkylation sites (tertiary alicyclic amines) is 1. The highest BCUT2D eigenvalue weighted by Gasteiger charge is 2.50. The summed E-state index contributed by atoms with van der Waals surface area (Å²) in [5.74, 6) is -1.83. The number of alkyl halides is 6. The fourth-order valence-electron chi connectivity index (χ4n) is 8.34. The number of halogens is 7. The molecule has 0 saturated carbocycles. The number of hydrogen-bond donors (Lipinski definition) is 1. The van der Waals surface area contributed by atoms with Gasteiger partial charge in [-0.25, -0.2) is 9.18 Å². The van der Waals surface area contributed by atoms with Gasteiger partial charge in [0.25, 0.3) is 5.91 Å². The van der Waals surface area contributed by atoms with E-state index in [4.69, 9.17) is 14.2 Å². The third kappa shape index (κ3) is 10.2. The Bertz CT molecular complexity index is 2000. The van der Waals surface area contributed by atoms with Gasteiger partial charge in [0.1, 0.15) is 30.4 Å². The average molecular weight is 851 g/mol. The first kappa shape index (κ1) is 44.8. The van der Waals surface area contributed by atoms with Gasteiger partial charge >= 0.3 is 18.4 Å². The highest BCUT2D eigenvalue weighted by molar-refractivity contribution is 5.95. The largest absolute Gasteiger partial charge is 0.444 e. The van der Waals surface area contributed by atoms with Crippen LogP contribution in [0.1, 0.15) is 78.2 Å². The summed E-state index contributed by atoms with van der Waals surface area (Å²) in [5, 5.41) is 2.64. The molecule has 3 amide bonds. The number of amides is 3. The van der Waals surface area contributed by atoms with Crippen LogP contribution in [0.2, 0.25) is 0 Å². The number of likely N-dealkylation sites (N-methyl/N-ethyl adjacent to an activating group) is 1. The summed E-state index contributed by atoms with van der Waals surface area (Å²) in [6.07, 6.45) is -8.86. The van der Waals surface area contributed by atoms with E-state index < -0.39 is 64.8 Å². The van der Waals surface area contributed by atoms with E-state index in [2.05, 4.69) is 22.3 Å². The van der Waals surface area contributed by atoms with Crippen LogP contribution in [0.4, 0.5) is 35.5 Å². The summed E-state index contributed by atoms with van der Waals surface area (Å²) in [6.45, 7) is 6.63. The van der Waals surface area contributed by atoms with Crippen LogP contribution in [0.25, 0.3) is 0 Å². The Balaban J connectivity index is 1.12. The number of piperidine rings is 1. The molecule has 0 bridgehead atoms. The normalized spacial score (nSPS) is 20.6. The molecule has 17 heteroatoms. The Morgan fingerprint density at radius 2 is 1.55 bits per heavy atom. The Morgan fingerprint density at radius 3 is 2.17 bits per heavy atom. The number of hydrogen-bond acceptors (Lipinski definition) is 7. The number of nitrogens with zero attached hydrogens (tertiary/aromatic N) is 3. The minimum absolute atomic E-state index is 0.0313. The van der Waals surface area contributed by atoms with Gasteiger partial charge in [-0.3, -0.25) is 9.59 Å². The van der Waals surface area contributed by atoms with Gasteiger partial charge < -0.3 is 34.2 Å². The highest BCUT2D eigenvalue weighted by atomic mass is 19.4. The molecule has 1 spiro atoms. The molecule has 2 saturated heterocycles. The number of ether oxygens (including phenoxy) is 3. The van der Waals surface area contributed by atoms with E-state index in [1.165, 1.54) is 29.2 Å². The van der Waals surface area contributed by atoms with Crippen LogP contribution >= 0.6 is 0 Å². The number of fused-ring (bicyclic) bond motifs is 2. The van der Waals surface area contributed by atoms with E-state index >= 15 is 0 Å². The second kappa shape index (κ2) is 17.3. The molecule has 6 rings (SSSR count). The fraction of sp³-hybridized carbons (Fsp3) is 0.512. The summed E-state index contributed by atoms with van der Waals surface area (Å²) in [5.41, 5.74) is -3.46. The number of nitrogens with one attached hydrogen (secondary N) is 1. The number of benzene rings is 3. The molecule has 3 aliphatic rings. The lowest BCUT2D eigenvalue weighted by Crippen LogP contribution is -2.50. The van der Waals surface area contributed by atoms with Crippen LogP contribution in [0.3, 0.4) is 0 Å². The molecule has 2 fully saturated rings. The molecular formula is C43H49F7N4O6. The number of alkyl carbamates (subject to hydrolysis) is 1. The molecule has 326 valence electrons. The molecule has 2 heterocycles. The third-order valence-electron chi connectivity index (χ3n) is 11.5. The van der Waals surface area contributed by atoms with Crippen molar-refractivity contribution in [3.8, 4) is 0 Å². The van der Waals surface area contributed by atoms with Crippen molar-refractivity contribution in [2.75, 3.05) is 59.7 Å². The topological polar surface area (TPSA) is 101 Å². The van der Waals surface area contributed by atoms with E-state index in [0.717, 1.165) is 16.0 Å². The number of carbonyl (C=O) groups excluding carboxylic acids is 3. The van der Waals surface area contributed by atoms with Crippen LogP contribution in [0.15, 0.2) is 66.7 Å². The van der Waals surface area contributed by atoms with Crippen molar-refractivity contribution in [3.63, 3.8) is 0 Å². The minimum Gasteiger partial charge on any atom is -0.444 e. The van der Waals surface area contributed by atoms with Crippen molar-refractivity contribution < 1.29 is 59.3 Å². The van der Waals surface area contributed by atoms with Crippen LogP contribution < -0.4 is 5.32 Å². The van der Waals surface area contributed by atoms with Crippen molar-refractivity contribution in [3.05, 3.63) is 106 Å². The molecule has 0 radical (unpaired) electrons. The average Bonchev–Trinajstić information content (AvgIpc) is 3.75. The molecule has 0 unspecified atom stereocenters. The van der Waals surface area contributed by atoms with Crippen molar-refractivity contribution in [2.45, 2.75) is 81.5 Å². The van der Waals surface area contributed by atoms with E-state index in [0.29, 0.717) is 56.6 Å². The van der Waals surface area contributed by atoms with Crippen LogP contribution in [0.5, 0.6) is 0 Å². The number of carbonyl (C=O) groups is 3. The monoisotopic (exact) mass is 850 g/mol. The molecule has 60 heavy (non-hydrogen) atoms. The molecule has 3 aromatic carbocycles. The first-order valence-electron chi connectivity index (χ1n) is 19.7. The summed E-state index contributed by atoms with van der Waals surface area (Å²) >= 11 is 0. The number of rotatable bonds is 11. The van der Waals surface area contributed by atoms with Crippen molar-refractivity contribution in [2.24, 2.45) is 0 Å². The van der Waals surface area contributed by atoms with Gasteiger partial charge in [0.05, 0.1) is 23.8 Å². The SMILES string of the molecule is CN(CCNC(=O)OC(C)(C)C)C(=O)CO[C@H]1Cc2ccccc2C12CCN(CC[C@@]1(c3ccc(F)cc3)CN(C(=O)c3cc(C(F)(F)F)cc(C(F)(F)F)c3)CO1)CC2. The third-order valence-corrected chi connectivity index (χ3v) is 11.5. The molecule has 1 aliphatic carbocycles. The highest BCUT2D eigenvalue weighted by Crippen LogP contribution is 2.48. The fourth-order valence-corrected chi connectivity index (χ4v) is 8.34. The van der Waals surface area contributed by atoms with Crippen molar-refractivity contribution in [1.82, 2.24) is 20.0 Å². The Kier molecular flexibility index (Phi) is 12.9. The van der Waals surface area contributed by atoms with Crippen LogP contribution in [0, 0.1) is 5.82 Å². The summed E-state index contributed by atoms with van der Waals surface area (Å²) in [6, 6.07) is 14.3. The first-order valence-corrected chi connectivity index (χ1v) is 19.7. The van der Waals surface area contributed by atoms with Gasteiger partial charge in [0.2, 0.25) is 5.91 Å². The molecule has 10 nitrogen and oxygen atoms in total. The molecule has 2 atom stereocenters. The summed E-state index contributed by atoms with van der Waals surface area (Å²) in [7, 11) is 1.64.